The van der Waals surface area contributed by atoms with Gasteiger partial charge in [0.2, 0.25) is 5.91 Å². The molecule has 1 saturated carbocycles. The highest BCUT2D eigenvalue weighted by Crippen LogP contribution is 2.31. The molecule has 3 aromatic rings. The van der Waals surface area contributed by atoms with E-state index in [2.05, 4.69) is 0 Å². The van der Waals surface area contributed by atoms with Gasteiger partial charge in [-0.25, -0.2) is 0 Å². The number of nitrogens with zero attached hydrogens (tertiary/aromatic N) is 2. The minimum absolute atomic E-state index is 0.0657. The van der Waals surface area contributed by atoms with Crippen LogP contribution in [0.2, 0.25) is 0 Å². The maximum absolute atomic E-state index is 13.3. The van der Waals surface area contributed by atoms with Gasteiger partial charge in [0.25, 0.3) is 5.91 Å². The fourth-order valence-electron chi connectivity index (χ4n) is 3.59. The number of rotatable bonds is 8. The lowest BCUT2D eigenvalue weighted by Gasteiger charge is -2.28. The van der Waals surface area contributed by atoms with Crippen LogP contribution in [0.1, 0.15) is 39.2 Å². The van der Waals surface area contributed by atoms with E-state index < -0.39 is 17.6 Å². The quantitative estimate of drug-likeness (QED) is 0.428. The minimum atomic E-state index is -4.46. The third-order valence-corrected chi connectivity index (χ3v) is 6.37. The molecule has 1 aromatic heterocycles. The molecule has 33 heavy (non-hydrogen) atoms. The molecule has 2 amide bonds. The highest BCUT2D eigenvalue weighted by atomic mass is 32.1. The molecule has 0 unspecified atom stereocenters. The van der Waals surface area contributed by atoms with Crippen LogP contribution in [-0.4, -0.2) is 34.2 Å². The van der Waals surface area contributed by atoms with E-state index in [1.165, 1.54) is 17.0 Å². The summed E-state index contributed by atoms with van der Waals surface area (Å²) < 4.78 is 38.6. The number of hydrogen-bond donors (Lipinski definition) is 0. The van der Waals surface area contributed by atoms with E-state index >= 15 is 0 Å². The van der Waals surface area contributed by atoms with Gasteiger partial charge in [-0.05, 0) is 54.1 Å². The van der Waals surface area contributed by atoms with Crippen molar-refractivity contribution < 1.29 is 22.8 Å². The molecule has 2 aromatic carbocycles. The van der Waals surface area contributed by atoms with Crippen LogP contribution in [0.4, 0.5) is 13.2 Å². The number of carbonyl (C=O) groups excluding carboxylic acids is 2. The first-order valence-corrected chi connectivity index (χ1v) is 11.5. The van der Waals surface area contributed by atoms with Gasteiger partial charge in [-0.2, -0.15) is 13.2 Å². The van der Waals surface area contributed by atoms with Crippen LogP contribution >= 0.6 is 11.3 Å². The first-order valence-electron chi connectivity index (χ1n) is 10.6. The second-order valence-electron chi connectivity index (χ2n) is 8.05. The molecule has 0 bridgehead atoms. The number of carbonyl (C=O) groups is 2. The summed E-state index contributed by atoms with van der Waals surface area (Å²) in [6.45, 7) is 0.728. The molecule has 1 fully saturated rings. The third kappa shape index (κ3) is 6.01. The maximum Gasteiger partial charge on any atom is 0.416 e. The van der Waals surface area contributed by atoms with Gasteiger partial charge >= 0.3 is 6.18 Å². The van der Waals surface area contributed by atoms with Crippen LogP contribution in [0.25, 0.3) is 0 Å². The minimum Gasteiger partial charge on any atom is -0.332 e. The standard InChI is InChI=1S/C25H23F3N2O2S/c26-25(27,28)20-10-8-19(9-11-20)24(32)30(21-12-13-21)17-23(31)29(16-22-7-4-14-33-22)15-18-5-2-1-3-6-18/h1-11,14,21H,12-13,15-17H2. The molecular weight excluding hydrogens is 449 g/mol. The molecule has 4 nitrogen and oxygen atoms in total. The highest BCUT2D eigenvalue weighted by Gasteiger charge is 2.36. The Bertz CT molecular complexity index is 1080. The van der Waals surface area contributed by atoms with Gasteiger partial charge in [0.1, 0.15) is 6.54 Å². The van der Waals surface area contributed by atoms with E-state index in [0.717, 1.165) is 35.4 Å². The topological polar surface area (TPSA) is 40.6 Å². The Morgan fingerprint density at radius 3 is 2.18 bits per heavy atom. The fourth-order valence-corrected chi connectivity index (χ4v) is 4.31. The predicted molar refractivity (Wildman–Crippen MR) is 121 cm³/mol. The number of benzene rings is 2. The first-order chi connectivity index (χ1) is 15.8. The molecule has 172 valence electrons. The van der Waals surface area contributed by atoms with Gasteiger partial charge in [-0.3, -0.25) is 9.59 Å². The van der Waals surface area contributed by atoms with Crippen LogP contribution in [0.3, 0.4) is 0 Å². The summed E-state index contributed by atoms with van der Waals surface area (Å²) in [5.74, 6) is -0.616. The first kappa shape index (κ1) is 23.0. The number of thiophene rings is 1. The lowest BCUT2D eigenvalue weighted by Crippen LogP contribution is -2.43. The average molecular weight is 473 g/mol. The Morgan fingerprint density at radius 2 is 1.61 bits per heavy atom. The zero-order chi connectivity index (χ0) is 23.4. The molecule has 1 aliphatic rings. The summed E-state index contributed by atoms with van der Waals surface area (Å²) >= 11 is 1.56. The molecule has 1 aliphatic carbocycles. The van der Waals surface area contributed by atoms with E-state index in [1.807, 2.05) is 47.8 Å². The van der Waals surface area contributed by atoms with Crippen molar-refractivity contribution in [2.45, 2.75) is 38.1 Å². The lowest BCUT2D eigenvalue weighted by atomic mass is 10.1. The number of halogens is 3. The van der Waals surface area contributed by atoms with Crippen molar-refractivity contribution in [1.82, 2.24) is 9.80 Å². The lowest BCUT2D eigenvalue weighted by molar-refractivity contribution is -0.137. The monoisotopic (exact) mass is 472 g/mol. The second kappa shape index (κ2) is 9.79. The Labute approximate surface area is 194 Å². The number of amides is 2. The van der Waals surface area contributed by atoms with Gasteiger partial charge < -0.3 is 9.80 Å². The summed E-state index contributed by atoms with van der Waals surface area (Å²) in [4.78, 5) is 30.7. The van der Waals surface area contributed by atoms with Crippen LogP contribution in [0.5, 0.6) is 0 Å². The van der Waals surface area contributed by atoms with Crippen LogP contribution in [0.15, 0.2) is 72.1 Å². The van der Waals surface area contributed by atoms with Gasteiger partial charge in [-0.15, -0.1) is 11.3 Å². The second-order valence-corrected chi connectivity index (χ2v) is 9.09. The molecule has 0 radical (unpaired) electrons. The SMILES string of the molecule is O=C(CN(C(=O)c1ccc(C(F)(F)F)cc1)C1CC1)N(Cc1ccccc1)Cc1cccs1. The highest BCUT2D eigenvalue weighted by molar-refractivity contribution is 7.09. The Kier molecular flexibility index (Phi) is 6.83. The molecule has 0 atom stereocenters. The zero-order valence-corrected chi connectivity index (χ0v) is 18.6. The van der Waals surface area contributed by atoms with Crippen LogP contribution < -0.4 is 0 Å². The van der Waals surface area contributed by atoms with Gasteiger partial charge in [-0.1, -0.05) is 36.4 Å². The molecule has 0 aliphatic heterocycles. The Morgan fingerprint density at radius 1 is 0.909 bits per heavy atom. The van der Waals surface area contributed by atoms with Crippen molar-refractivity contribution in [2.24, 2.45) is 0 Å². The van der Waals surface area contributed by atoms with Gasteiger partial charge in [0.05, 0.1) is 12.1 Å². The van der Waals surface area contributed by atoms with E-state index in [1.54, 1.807) is 16.2 Å². The summed E-state index contributed by atoms with van der Waals surface area (Å²) in [5, 5.41) is 1.95. The zero-order valence-electron chi connectivity index (χ0n) is 17.8. The third-order valence-electron chi connectivity index (χ3n) is 5.51. The Balaban J connectivity index is 1.51. The van der Waals surface area contributed by atoms with Crippen molar-refractivity contribution >= 4 is 23.2 Å². The van der Waals surface area contributed by atoms with Crippen molar-refractivity contribution in [3.8, 4) is 0 Å². The summed E-state index contributed by atoms with van der Waals surface area (Å²) in [6, 6.07) is 17.6. The average Bonchev–Trinajstić information content (AvgIpc) is 3.52. The largest absolute Gasteiger partial charge is 0.416 e. The summed E-state index contributed by atoms with van der Waals surface area (Å²) in [7, 11) is 0. The summed E-state index contributed by atoms with van der Waals surface area (Å²) in [6.07, 6.45) is -2.90. The van der Waals surface area contributed by atoms with Crippen molar-refractivity contribution in [3.63, 3.8) is 0 Å². The summed E-state index contributed by atoms with van der Waals surface area (Å²) in [5.41, 5.74) is 0.322. The van der Waals surface area contributed by atoms with E-state index in [0.29, 0.717) is 13.1 Å². The molecule has 0 N–H and O–H groups in total. The van der Waals surface area contributed by atoms with Crippen LogP contribution in [-0.2, 0) is 24.1 Å². The molecule has 8 heteroatoms. The van der Waals surface area contributed by atoms with E-state index in [-0.39, 0.29) is 24.1 Å². The number of hydrogen-bond acceptors (Lipinski definition) is 3. The number of alkyl halides is 3. The predicted octanol–water partition coefficient (Wildman–Crippen LogP) is 5.60. The van der Waals surface area contributed by atoms with E-state index in [4.69, 9.17) is 0 Å². The normalized spacial score (nSPS) is 13.5. The smallest absolute Gasteiger partial charge is 0.332 e. The van der Waals surface area contributed by atoms with Crippen molar-refractivity contribution in [2.75, 3.05) is 6.54 Å². The fraction of sp³-hybridized carbons (Fsp3) is 0.280. The van der Waals surface area contributed by atoms with Crippen LogP contribution in [0, 0.1) is 0 Å². The van der Waals surface area contributed by atoms with Gasteiger partial charge in [0.15, 0.2) is 0 Å². The molecule has 4 rings (SSSR count). The maximum atomic E-state index is 13.3. The van der Waals surface area contributed by atoms with Crippen molar-refractivity contribution in [1.29, 1.82) is 0 Å². The molecule has 1 heterocycles. The molecule has 0 spiro atoms. The van der Waals surface area contributed by atoms with E-state index in [9.17, 15) is 22.8 Å². The Hall–Kier alpha value is -3.13. The molecule has 0 saturated heterocycles. The molecular formula is C25H23F3N2O2S. The van der Waals surface area contributed by atoms with Gasteiger partial charge in [0, 0.05) is 23.0 Å². The van der Waals surface area contributed by atoms with Crippen molar-refractivity contribution in [3.05, 3.63) is 93.7 Å².